The maximum absolute atomic E-state index is 10.3. The summed E-state index contributed by atoms with van der Waals surface area (Å²) in [4.78, 5) is 18.0. The van der Waals surface area contributed by atoms with Crippen LogP contribution in [0.3, 0.4) is 0 Å². The number of carbonyl (C=O) groups is 1. The van der Waals surface area contributed by atoms with Crippen molar-refractivity contribution in [3.63, 3.8) is 0 Å². The molecular weight excluding hydrogens is 222 g/mol. The van der Waals surface area contributed by atoms with Crippen molar-refractivity contribution in [1.82, 2.24) is 25.3 Å². The van der Waals surface area contributed by atoms with Crippen molar-refractivity contribution in [2.45, 2.75) is 5.22 Å². The molecule has 8 nitrogen and oxygen atoms in total. The maximum atomic E-state index is 10.3. The van der Waals surface area contributed by atoms with Crippen LogP contribution in [-0.4, -0.2) is 42.2 Å². The lowest BCUT2D eigenvalue weighted by atomic mass is 10.6. The minimum atomic E-state index is -0.945. The molecule has 15 heavy (non-hydrogen) atoms. The summed E-state index contributed by atoms with van der Waals surface area (Å²) in [7, 11) is 0. The van der Waals surface area contributed by atoms with Gasteiger partial charge in [-0.05, 0) is 0 Å². The van der Waals surface area contributed by atoms with Gasteiger partial charge in [-0.3, -0.25) is 9.89 Å². The smallest absolute Gasteiger partial charge is 0.314 e. The van der Waals surface area contributed by atoms with E-state index in [1.165, 1.54) is 6.33 Å². The van der Waals surface area contributed by atoms with Crippen molar-refractivity contribution in [3.8, 4) is 11.6 Å². The molecule has 0 radical (unpaired) electrons. The van der Waals surface area contributed by atoms with E-state index >= 15 is 0 Å². The highest BCUT2D eigenvalue weighted by Crippen LogP contribution is 2.18. The normalized spacial score (nSPS) is 10.4. The number of thioether (sulfide) groups is 1. The van der Waals surface area contributed by atoms with E-state index in [0.717, 1.165) is 11.8 Å². The molecule has 0 amide bonds. The van der Waals surface area contributed by atoms with E-state index in [1.807, 2.05) is 0 Å². The number of aromatic nitrogens is 5. The van der Waals surface area contributed by atoms with Gasteiger partial charge in [0.25, 0.3) is 5.22 Å². The SMILES string of the molecule is O=C(O)CSc1nc(-c2ncn[nH]2)no1. The van der Waals surface area contributed by atoms with Crippen molar-refractivity contribution in [2.24, 2.45) is 0 Å². The fraction of sp³-hybridized carbons (Fsp3) is 0.167. The van der Waals surface area contributed by atoms with Gasteiger partial charge in [-0.15, -0.1) is 0 Å². The Labute approximate surface area is 87.1 Å². The lowest BCUT2D eigenvalue weighted by Crippen LogP contribution is -1.97. The van der Waals surface area contributed by atoms with E-state index in [9.17, 15) is 4.79 Å². The Hall–Kier alpha value is -1.90. The summed E-state index contributed by atoms with van der Waals surface area (Å²) in [6, 6.07) is 0. The minimum Gasteiger partial charge on any atom is -0.481 e. The lowest BCUT2D eigenvalue weighted by molar-refractivity contribution is -0.133. The van der Waals surface area contributed by atoms with Crippen LogP contribution in [0.15, 0.2) is 16.1 Å². The molecule has 0 aromatic carbocycles. The quantitative estimate of drug-likeness (QED) is 0.702. The predicted octanol–water partition coefficient (Wildman–Crippen LogP) is 0.0314. The first kappa shape index (κ1) is 9.65. The van der Waals surface area contributed by atoms with Crippen molar-refractivity contribution < 1.29 is 14.4 Å². The molecule has 0 bridgehead atoms. The molecule has 2 N–H and O–H groups in total. The standard InChI is InChI=1S/C6H5N5O3S/c12-3(13)1-15-6-9-5(11-14-6)4-7-2-8-10-4/h2H,1H2,(H,12,13)(H,7,8,10). The zero-order valence-corrected chi connectivity index (χ0v) is 8.06. The van der Waals surface area contributed by atoms with Gasteiger partial charge in [0.2, 0.25) is 5.82 Å². The highest BCUT2D eigenvalue weighted by molar-refractivity contribution is 7.99. The van der Waals surface area contributed by atoms with Crippen LogP contribution in [0.5, 0.6) is 0 Å². The maximum Gasteiger partial charge on any atom is 0.314 e. The molecule has 0 aliphatic heterocycles. The third-order valence-electron chi connectivity index (χ3n) is 1.35. The van der Waals surface area contributed by atoms with Crippen molar-refractivity contribution in [3.05, 3.63) is 6.33 Å². The topological polar surface area (TPSA) is 118 Å². The summed E-state index contributed by atoms with van der Waals surface area (Å²) < 4.78 is 4.79. The van der Waals surface area contributed by atoms with Crippen molar-refractivity contribution >= 4 is 17.7 Å². The molecule has 2 aromatic rings. The van der Waals surface area contributed by atoms with Gasteiger partial charge in [-0.2, -0.15) is 10.1 Å². The molecular formula is C6H5N5O3S. The van der Waals surface area contributed by atoms with Crippen LogP contribution in [-0.2, 0) is 4.79 Å². The van der Waals surface area contributed by atoms with Gasteiger partial charge in [0.15, 0.2) is 5.82 Å². The second kappa shape index (κ2) is 4.09. The van der Waals surface area contributed by atoms with Crippen molar-refractivity contribution in [1.29, 1.82) is 0 Å². The molecule has 0 aliphatic rings. The van der Waals surface area contributed by atoms with Gasteiger partial charge in [0.05, 0.1) is 0 Å². The Morgan fingerprint density at radius 2 is 2.53 bits per heavy atom. The monoisotopic (exact) mass is 227 g/mol. The zero-order valence-electron chi connectivity index (χ0n) is 7.25. The summed E-state index contributed by atoms with van der Waals surface area (Å²) in [5.41, 5.74) is 0. The number of hydrogen-bond acceptors (Lipinski definition) is 7. The number of carboxylic acid groups (broad SMARTS) is 1. The first-order valence-electron chi connectivity index (χ1n) is 3.80. The number of aromatic amines is 1. The Balaban J connectivity index is 2.08. The highest BCUT2D eigenvalue weighted by Gasteiger charge is 2.12. The average Bonchev–Trinajstić information content (AvgIpc) is 2.85. The van der Waals surface area contributed by atoms with E-state index < -0.39 is 5.97 Å². The summed E-state index contributed by atoms with van der Waals surface area (Å²) in [5, 5.41) is 18.4. The Kier molecular flexibility index (Phi) is 2.63. The first-order chi connectivity index (χ1) is 7.25. The van der Waals surface area contributed by atoms with Gasteiger partial charge >= 0.3 is 5.97 Å². The van der Waals surface area contributed by atoms with E-state index in [0.29, 0.717) is 5.82 Å². The summed E-state index contributed by atoms with van der Waals surface area (Å²) in [5.74, 6) is -0.446. The molecule has 0 fully saturated rings. The second-order valence-electron chi connectivity index (χ2n) is 2.40. The fourth-order valence-corrected chi connectivity index (χ4v) is 1.29. The number of carboxylic acids is 1. The van der Waals surface area contributed by atoms with Gasteiger partial charge < -0.3 is 9.63 Å². The van der Waals surface area contributed by atoms with Crippen LogP contribution >= 0.6 is 11.8 Å². The molecule has 0 saturated heterocycles. The second-order valence-corrected chi connectivity index (χ2v) is 3.33. The first-order valence-corrected chi connectivity index (χ1v) is 4.78. The molecule has 0 aliphatic carbocycles. The van der Waals surface area contributed by atoms with E-state index in [4.69, 9.17) is 9.63 Å². The van der Waals surface area contributed by atoms with E-state index in [-0.39, 0.29) is 16.8 Å². The Bertz CT molecular complexity index is 453. The van der Waals surface area contributed by atoms with Crippen LogP contribution in [0, 0.1) is 0 Å². The molecule has 78 valence electrons. The molecule has 9 heteroatoms. The number of aliphatic carboxylic acids is 1. The Morgan fingerprint density at radius 1 is 1.67 bits per heavy atom. The molecule has 2 aromatic heterocycles. The summed E-state index contributed by atoms with van der Waals surface area (Å²) in [6.07, 6.45) is 1.32. The molecule has 0 unspecified atom stereocenters. The number of hydrogen-bond donors (Lipinski definition) is 2. The Morgan fingerprint density at radius 3 is 3.20 bits per heavy atom. The fourth-order valence-electron chi connectivity index (χ4n) is 0.801. The number of nitrogens with one attached hydrogen (secondary N) is 1. The average molecular weight is 227 g/mol. The van der Waals surface area contributed by atoms with Crippen LogP contribution in [0.2, 0.25) is 0 Å². The molecule has 0 saturated carbocycles. The minimum absolute atomic E-state index is 0.127. The van der Waals surface area contributed by atoms with Gasteiger partial charge in [0.1, 0.15) is 12.1 Å². The van der Waals surface area contributed by atoms with Crippen LogP contribution in [0.4, 0.5) is 0 Å². The van der Waals surface area contributed by atoms with E-state index in [1.54, 1.807) is 0 Å². The highest BCUT2D eigenvalue weighted by atomic mass is 32.2. The lowest BCUT2D eigenvalue weighted by Gasteiger charge is -1.86. The van der Waals surface area contributed by atoms with E-state index in [2.05, 4.69) is 25.3 Å². The third kappa shape index (κ3) is 2.31. The number of H-pyrrole nitrogens is 1. The zero-order chi connectivity index (χ0) is 10.7. The van der Waals surface area contributed by atoms with Crippen LogP contribution < -0.4 is 0 Å². The summed E-state index contributed by atoms with van der Waals surface area (Å²) >= 11 is 0.945. The third-order valence-corrected chi connectivity index (χ3v) is 2.16. The molecule has 0 spiro atoms. The number of rotatable bonds is 4. The van der Waals surface area contributed by atoms with Gasteiger partial charge in [-0.25, -0.2) is 4.98 Å². The van der Waals surface area contributed by atoms with Crippen LogP contribution in [0.1, 0.15) is 0 Å². The molecule has 2 rings (SSSR count). The number of nitrogens with zero attached hydrogens (tertiary/aromatic N) is 4. The van der Waals surface area contributed by atoms with Crippen LogP contribution in [0.25, 0.3) is 11.6 Å². The molecule has 0 atom stereocenters. The van der Waals surface area contributed by atoms with Crippen molar-refractivity contribution in [2.75, 3.05) is 5.75 Å². The predicted molar refractivity (Wildman–Crippen MR) is 48.0 cm³/mol. The summed E-state index contributed by atoms with van der Waals surface area (Å²) in [6.45, 7) is 0. The molecule has 2 heterocycles. The van der Waals surface area contributed by atoms with Gasteiger partial charge in [-0.1, -0.05) is 16.9 Å². The largest absolute Gasteiger partial charge is 0.481 e. The van der Waals surface area contributed by atoms with Gasteiger partial charge in [0, 0.05) is 0 Å².